The SMILES string of the molecule is CCOc1cccc(C(N)Cc2c(Cl)c(C)nn2CC)c1. The van der Waals surface area contributed by atoms with Crippen molar-refractivity contribution in [1.29, 1.82) is 0 Å². The number of hydrogen-bond acceptors (Lipinski definition) is 3. The van der Waals surface area contributed by atoms with Crippen LogP contribution in [0.25, 0.3) is 0 Å². The normalized spacial score (nSPS) is 12.4. The standard InChI is InChI=1S/C16H22ClN3O/c1-4-20-15(16(17)11(3)19-20)10-14(18)12-7-6-8-13(9-12)21-5-2/h6-9,14H,4-5,10,18H2,1-3H3. The van der Waals surface area contributed by atoms with Gasteiger partial charge in [-0.2, -0.15) is 5.10 Å². The molecule has 0 aliphatic rings. The molecule has 0 saturated heterocycles. The zero-order chi connectivity index (χ0) is 15.4. The number of benzene rings is 1. The Morgan fingerprint density at radius 3 is 2.81 bits per heavy atom. The van der Waals surface area contributed by atoms with Gasteiger partial charge in [0.25, 0.3) is 0 Å². The highest BCUT2D eigenvalue weighted by atomic mass is 35.5. The Morgan fingerprint density at radius 1 is 1.38 bits per heavy atom. The summed E-state index contributed by atoms with van der Waals surface area (Å²) in [6.45, 7) is 7.36. The summed E-state index contributed by atoms with van der Waals surface area (Å²) in [6.07, 6.45) is 0.656. The van der Waals surface area contributed by atoms with Gasteiger partial charge in [0.05, 0.1) is 23.0 Å². The maximum Gasteiger partial charge on any atom is 0.119 e. The first kappa shape index (κ1) is 15.9. The smallest absolute Gasteiger partial charge is 0.119 e. The van der Waals surface area contributed by atoms with Crippen LogP contribution in [0.2, 0.25) is 5.02 Å². The molecule has 21 heavy (non-hydrogen) atoms. The average Bonchev–Trinajstić information content (AvgIpc) is 2.75. The van der Waals surface area contributed by atoms with E-state index >= 15 is 0 Å². The van der Waals surface area contributed by atoms with Crippen LogP contribution < -0.4 is 10.5 Å². The third kappa shape index (κ3) is 3.57. The second-order valence-electron chi connectivity index (χ2n) is 4.98. The number of aryl methyl sites for hydroxylation is 2. The Hall–Kier alpha value is -1.52. The van der Waals surface area contributed by atoms with E-state index in [1.807, 2.05) is 49.7 Å². The molecule has 0 aliphatic carbocycles. The van der Waals surface area contributed by atoms with Crippen LogP contribution in [0.3, 0.4) is 0 Å². The fraction of sp³-hybridized carbons (Fsp3) is 0.438. The predicted octanol–water partition coefficient (Wildman–Crippen LogP) is 3.51. The summed E-state index contributed by atoms with van der Waals surface area (Å²) in [7, 11) is 0. The molecule has 1 aromatic heterocycles. The van der Waals surface area contributed by atoms with Crippen molar-refractivity contribution >= 4 is 11.6 Å². The first-order valence-corrected chi connectivity index (χ1v) is 7.64. The van der Waals surface area contributed by atoms with Crippen molar-refractivity contribution in [3.63, 3.8) is 0 Å². The first-order valence-electron chi connectivity index (χ1n) is 7.26. The third-order valence-corrected chi connectivity index (χ3v) is 3.95. The van der Waals surface area contributed by atoms with Crippen LogP contribution in [0.15, 0.2) is 24.3 Å². The molecule has 2 N–H and O–H groups in total. The number of ether oxygens (including phenoxy) is 1. The summed E-state index contributed by atoms with van der Waals surface area (Å²) in [4.78, 5) is 0. The lowest BCUT2D eigenvalue weighted by atomic mass is 10.0. The molecular weight excluding hydrogens is 286 g/mol. The monoisotopic (exact) mass is 307 g/mol. The van der Waals surface area contributed by atoms with Gasteiger partial charge in [0.2, 0.25) is 0 Å². The Bertz CT molecular complexity index is 610. The van der Waals surface area contributed by atoms with Gasteiger partial charge in [-0.25, -0.2) is 0 Å². The van der Waals surface area contributed by atoms with Crippen molar-refractivity contribution in [3.05, 3.63) is 46.2 Å². The molecule has 5 heteroatoms. The Morgan fingerprint density at radius 2 is 2.14 bits per heavy atom. The van der Waals surface area contributed by atoms with Crippen LogP contribution >= 0.6 is 11.6 Å². The molecule has 0 amide bonds. The summed E-state index contributed by atoms with van der Waals surface area (Å²) in [5.41, 5.74) is 9.22. The molecule has 0 fully saturated rings. The lowest BCUT2D eigenvalue weighted by Crippen LogP contribution is -2.16. The van der Waals surface area contributed by atoms with Crippen molar-refractivity contribution in [3.8, 4) is 5.75 Å². The zero-order valence-corrected chi connectivity index (χ0v) is 13.5. The highest BCUT2D eigenvalue weighted by Crippen LogP contribution is 2.26. The van der Waals surface area contributed by atoms with E-state index in [2.05, 4.69) is 5.10 Å². The summed E-state index contributed by atoms with van der Waals surface area (Å²) in [6, 6.07) is 7.77. The molecule has 2 rings (SSSR count). The topological polar surface area (TPSA) is 53.1 Å². The van der Waals surface area contributed by atoms with Gasteiger partial charge in [-0.05, 0) is 38.5 Å². The van der Waals surface area contributed by atoms with E-state index in [1.165, 1.54) is 0 Å². The molecule has 0 radical (unpaired) electrons. The second-order valence-corrected chi connectivity index (χ2v) is 5.36. The minimum absolute atomic E-state index is 0.135. The lowest BCUT2D eigenvalue weighted by Gasteiger charge is -2.14. The van der Waals surface area contributed by atoms with Gasteiger partial charge in [-0.1, -0.05) is 23.7 Å². The summed E-state index contributed by atoms with van der Waals surface area (Å²) >= 11 is 6.34. The second kappa shape index (κ2) is 6.96. The van der Waals surface area contributed by atoms with E-state index in [0.717, 1.165) is 29.2 Å². The van der Waals surface area contributed by atoms with E-state index in [9.17, 15) is 0 Å². The van der Waals surface area contributed by atoms with E-state index in [1.54, 1.807) is 0 Å². The molecule has 0 spiro atoms. The summed E-state index contributed by atoms with van der Waals surface area (Å²) < 4.78 is 7.44. The quantitative estimate of drug-likeness (QED) is 0.888. The van der Waals surface area contributed by atoms with Crippen LogP contribution in [-0.4, -0.2) is 16.4 Å². The van der Waals surface area contributed by atoms with Crippen LogP contribution in [0.1, 0.15) is 36.8 Å². The van der Waals surface area contributed by atoms with E-state index in [4.69, 9.17) is 22.1 Å². The number of hydrogen-bond donors (Lipinski definition) is 1. The van der Waals surface area contributed by atoms with Gasteiger partial charge < -0.3 is 10.5 Å². The van der Waals surface area contributed by atoms with Gasteiger partial charge in [-0.3, -0.25) is 4.68 Å². The van der Waals surface area contributed by atoms with Gasteiger partial charge in [0.15, 0.2) is 0 Å². The number of nitrogens with zero attached hydrogens (tertiary/aromatic N) is 2. The van der Waals surface area contributed by atoms with Crippen LogP contribution in [-0.2, 0) is 13.0 Å². The van der Waals surface area contributed by atoms with Gasteiger partial charge in [0, 0.05) is 19.0 Å². The summed E-state index contributed by atoms with van der Waals surface area (Å²) in [5, 5.41) is 5.14. The van der Waals surface area contributed by atoms with Crippen LogP contribution in [0, 0.1) is 6.92 Å². The highest BCUT2D eigenvalue weighted by Gasteiger charge is 2.17. The number of nitrogens with two attached hydrogens (primary N) is 1. The molecule has 0 saturated carbocycles. The minimum atomic E-state index is -0.135. The fourth-order valence-electron chi connectivity index (χ4n) is 2.39. The van der Waals surface area contributed by atoms with Crippen molar-refractivity contribution in [1.82, 2.24) is 9.78 Å². The number of halogens is 1. The van der Waals surface area contributed by atoms with Crippen LogP contribution in [0.4, 0.5) is 0 Å². The molecular formula is C16H22ClN3O. The van der Waals surface area contributed by atoms with Crippen LogP contribution in [0.5, 0.6) is 5.75 Å². The molecule has 4 nitrogen and oxygen atoms in total. The zero-order valence-electron chi connectivity index (χ0n) is 12.8. The van der Waals surface area contributed by atoms with Gasteiger partial charge in [-0.15, -0.1) is 0 Å². The maximum absolute atomic E-state index is 6.34. The van der Waals surface area contributed by atoms with E-state index in [0.29, 0.717) is 18.1 Å². The number of rotatable bonds is 6. The van der Waals surface area contributed by atoms with E-state index in [-0.39, 0.29) is 6.04 Å². The average molecular weight is 308 g/mol. The Kier molecular flexibility index (Phi) is 5.26. The van der Waals surface area contributed by atoms with Crippen molar-refractivity contribution < 1.29 is 4.74 Å². The molecule has 0 aliphatic heterocycles. The van der Waals surface area contributed by atoms with Crippen molar-refractivity contribution in [2.75, 3.05) is 6.61 Å². The third-order valence-electron chi connectivity index (χ3n) is 3.46. The predicted molar refractivity (Wildman–Crippen MR) is 85.9 cm³/mol. The molecule has 1 unspecified atom stereocenters. The minimum Gasteiger partial charge on any atom is -0.494 e. The van der Waals surface area contributed by atoms with Gasteiger partial charge in [0.1, 0.15) is 5.75 Å². The molecule has 2 aromatic rings. The lowest BCUT2D eigenvalue weighted by molar-refractivity contribution is 0.339. The molecule has 1 heterocycles. The van der Waals surface area contributed by atoms with E-state index < -0.39 is 0 Å². The van der Waals surface area contributed by atoms with Gasteiger partial charge >= 0.3 is 0 Å². The molecule has 0 bridgehead atoms. The Balaban J connectivity index is 2.21. The maximum atomic E-state index is 6.34. The highest BCUT2D eigenvalue weighted by molar-refractivity contribution is 6.31. The molecule has 114 valence electrons. The largest absolute Gasteiger partial charge is 0.494 e. The van der Waals surface area contributed by atoms with Crippen molar-refractivity contribution in [2.24, 2.45) is 5.73 Å². The first-order chi connectivity index (χ1) is 10.1. The summed E-state index contributed by atoms with van der Waals surface area (Å²) in [5.74, 6) is 0.844. The number of aromatic nitrogens is 2. The fourth-order valence-corrected chi connectivity index (χ4v) is 2.60. The molecule has 1 aromatic carbocycles. The molecule has 1 atom stereocenters. The Labute approximate surface area is 130 Å². The van der Waals surface area contributed by atoms with Crippen molar-refractivity contribution in [2.45, 2.75) is 39.8 Å².